The molecule has 15 heavy (non-hydrogen) atoms. The molecule has 0 aromatic heterocycles. The number of hydrogen-bond acceptors (Lipinski definition) is 3. The predicted octanol–water partition coefficient (Wildman–Crippen LogP) is -1.85. The number of benzene rings is 1. The van der Waals surface area contributed by atoms with Gasteiger partial charge in [0.25, 0.3) is 0 Å². The van der Waals surface area contributed by atoms with Gasteiger partial charge < -0.3 is 16.4 Å². The van der Waals surface area contributed by atoms with Crippen molar-refractivity contribution in [3.05, 3.63) is 29.8 Å². The van der Waals surface area contributed by atoms with Gasteiger partial charge in [0.15, 0.2) is 6.10 Å². The smallest absolute Gasteiger partial charge is 1.00 e. The number of carbonyl (C=O) groups is 1. The van der Waals surface area contributed by atoms with Crippen LogP contribution in [-0.2, 0) is 16.0 Å². The largest absolute Gasteiger partial charge is 1.00 e. The number of ether oxygens (including phenoxy) is 1. The van der Waals surface area contributed by atoms with Crippen LogP contribution in [-0.4, -0.2) is 29.4 Å². The van der Waals surface area contributed by atoms with E-state index in [-0.39, 0.29) is 36.7 Å². The fourth-order valence-corrected chi connectivity index (χ4v) is 1.12. The molecule has 0 amide bonds. The Labute approximate surface area is 112 Å². The van der Waals surface area contributed by atoms with Crippen molar-refractivity contribution in [3.63, 3.8) is 0 Å². The van der Waals surface area contributed by atoms with Gasteiger partial charge in [0.1, 0.15) is 5.75 Å². The van der Waals surface area contributed by atoms with Crippen LogP contribution >= 0.6 is 0 Å². The third-order valence-corrected chi connectivity index (χ3v) is 1.92. The maximum atomic E-state index is 10.6. The Kier molecular flexibility index (Phi) is 6.60. The zero-order valence-corrected chi connectivity index (χ0v) is 10.8. The summed E-state index contributed by atoms with van der Waals surface area (Å²) in [7, 11) is 1.36. The molecule has 5 heteroatoms. The first-order valence-electron chi connectivity index (χ1n) is 4.17. The van der Waals surface area contributed by atoms with Gasteiger partial charge in [-0.15, -0.1) is 0 Å². The van der Waals surface area contributed by atoms with E-state index in [0.29, 0.717) is 6.42 Å². The van der Waals surface area contributed by atoms with Gasteiger partial charge >= 0.3 is 35.5 Å². The summed E-state index contributed by atoms with van der Waals surface area (Å²) in [4.78, 5) is 10.6. The number of hydrogen-bond donors (Lipinski definition) is 2. The average molecular weight is 220 g/mol. The molecule has 4 nitrogen and oxygen atoms in total. The molecule has 0 saturated carbocycles. The first kappa shape index (κ1) is 14.5. The molecule has 1 aromatic carbocycles. The van der Waals surface area contributed by atoms with E-state index in [1.807, 2.05) is 0 Å². The molecule has 0 aliphatic carbocycles. The minimum Gasteiger partial charge on any atom is -1.00 e. The van der Waals surface area contributed by atoms with E-state index < -0.39 is 12.1 Å². The third kappa shape index (κ3) is 4.66. The molecule has 78 valence electrons. The standard InChI is InChI=1S/C10H12O4.Na.H/c1-14-9(10(12)13)6-7-2-4-8(11)5-3-7;;/h2-5,9,11H,6H2,1H3,(H,12,13);;/q;+1;-1. The van der Waals surface area contributed by atoms with Gasteiger partial charge in [-0.25, -0.2) is 4.79 Å². The summed E-state index contributed by atoms with van der Waals surface area (Å²) in [5.41, 5.74) is 0.817. The molecule has 0 heterocycles. The molecule has 2 N–H and O–H groups in total. The molecule has 1 aromatic rings. The summed E-state index contributed by atoms with van der Waals surface area (Å²) in [5.74, 6) is -0.821. The van der Waals surface area contributed by atoms with Crippen molar-refractivity contribution in [1.29, 1.82) is 0 Å². The molecule has 0 bridgehead atoms. The van der Waals surface area contributed by atoms with E-state index in [9.17, 15) is 4.79 Å². The molecule has 1 atom stereocenters. The second-order valence-corrected chi connectivity index (χ2v) is 2.93. The normalized spacial score (nSPS) is 11.5. The van der Waals surface area contributed by atoms with Gasteiger partial charge in [0, 0.05) is 13.5 Å². The zero-order chi connectivity index (χ0) is 10.6. The maximum Gasteiger partial charge on any atom is 1.00 e. The summed E-state index contributed by atoms with van der Waals surface area (Å²) in [6.07, 6.45) is -0.536. The summed E-state index contributed by atoms with van der Waals surface area (Å²) >= 11 is 0. The molecule has 1 unspecified atom stereocenters. The van der Waals surface area contributed by atoms with Crippen molar-refractivity contribution in [2.75, 3.05) is 7.11 Å². The van der Waals surface area contributed by atoms with Crippen LogP contribution in [0.25, 0.3) is 0 Å². The van der Waals surface area contributed by atoms with Gasteiger partial charge in [0.05, 0.1) is 0 Å². The molecular weight excluding hydrogens is 207 g/mol. The molecule has 0 aliphatic rings. The molecular formula is C10H13NaO4. The Morgan fingerprint density at radius 1 is 1.47 bits per heavy atom. The predicted molar refractivity (Wildman–Crippen MR) is 51.4 cm³/mol. The quantitative estimate of drug-likeness (QED) is 0.585. The van der Waals surface area contributed by atoms with Crippen LogP contribution in [0.15, 0.2) is 24.3 Å². The Bertz CT molecular complexity index is 315. The van der Waals surface area contributed by atoms with Crippen LogP contribution in [0.2, 0.25) is 0 Å². The van der Waals surface area contributed by atoms with E-state index >= 15 is 0 Å². The van der Waals surface area contributed by atoms with E-state index in [1.54, 1.807) is 12.1 Å². The third-order valence-electron chi connectivity index (χ3n) is 1.92. The molecule has 0 spiro atoms. The van der Waals surface area contributed by atoms with E-state index in [4.69, 9.17) is 14.9 Å². The summed E-state index contributed by atoms with van der Waals surface area (Å²) in [6.45, 7) is 0. The van der Waals surface area contributed by atoms with Crippen molar-refractivity contribution in [2.24, 2.45) is 0 Å². The molecule has 0 aliphatic heterocycles. The average Bonchev–Trinajstić information content (AvgIpc) is 2.16. The van der Waals surface area contributed by atoms with Crippen molar-refractivity contribution in [1.82, 2.24) is 0 Å². The first-order valence-corrected chi connectivity index (χ1v) is 4.17. The zero-order valence-electron chi connectivity index (χ0n) is 9.80. The van der Waals surface area contributed by atoms with Crippen molar-refractivity contribution in [2.45, 2.75) is 12.5 Å². The fourth-order valence-electron chi connectivity index (χ4n) is 1.12. The van der Waals surface area contributed by atoms with Gasteiger partial charge in [-0.2, -0.15) is 0 Å². The topological polar surface area (TPSA) is 66.8 Å². The minimum atomic E-state index is -0.986. The van der Waals surface area contributed by atoms with Crippen LogP contribution in [0.3, 0.4) is 0 Å². The van der Waals surface area contributed by atoms with Gasteiger partial charge in [0.2, 0.25) is 0 Å². The molecule has 0 fully saturated rings. The number of phenols is 1. The van der Waals surface area contributed by atoms with E-state index in [0.717, 1.165) is 5.56 Å². The van der Waals surface area contributed by atoms with Gasteiger partial charge in [-0.05, 0) is 17.7 Å². The summed E-state index contributed by atoms with van der Waals surface area (Å²) in [6, 6.07) is 6.38. The van der Waals surface area contributed by atoms with Crippen LogP contribution in [0.5, 0.6) is 5.75 Å². The van der Waals surface area contributed by atoms with Crippen molar-refractivity contribution < 1.29 is 50.7 Å². The summed E-state index contributed by atoms with van der Waals surface area (Å²) in [5, 5.41) is 17.7. The SMILES string of the molecule is COC(Cc1ccc(O)cc1)C(=O)O.[H-].[Na+]. The Morgan fingerprint density at radius 3 is 2.40 bits per heavy atom. The second-order valence-electron chi connectivity index (χ2n) is 2.93. The van der Waals surface area contributed by atoms with E-state index in [2.05, 4.69) is 0 Å². The number of rotatable bonds is 4. The number of methoxy groups -OCH3 is 1. The molecule has 0 radical (unpaired) electrons. The second kappa shape index (κ2) is 6.85. The van der Waals surface area contributed by atoms with Crippen LogP contribution in [0.4, 0.5) is 0 Å². The van der Waals surface area contributed by atoms with Crippen molar-refractivity contribution >= 4 is 5.97 Å². The number of carboxylic acid groups (broad SMARTS) is 1. The number of phenolic OH excluding ortho intramolecular Hbond substituents is 1. The van der Waals surface area contributed by atoms with Gasteiger partial charge in [-0.1, -0.05) is 12.1 Å². The number of carboxylic acids is 1. The van der Waals surface area contributed by atoms with E-state index in [1.165, 1.54) is 19.2 Å². The van der Waals surface area contributed by atoms with Crippen LogP contribution < -0.4 is 29.6 Å². The maximum absolute atomic E-state index is 10.6. The molecule has 0 saturated heterocycles. The van der Waals surface area contributed by atoms with Gasteiger partial charge in [-0.3, -0.25) is 0 Å². The number of aromatic hydroxyl groups is 1. The Morgan fingerprint density at radius 2 is 2.00 bits per heavy atom. The number of aliphatic carboxylic acids is 1. The Hall–Kier alpha value is -0.550. The monoisotopic (exact) mass is 220 g/mol. The molecule has 1 rings (SSSR count). The Balaban J connectivity index is 0. The first-order chi connectivity index (χ1) is 6.63. The van der Waals surface area contributed by atoms with Crippen LogP contribution in [0.1, 0.15) is 6.99 Å². The minimum absolute atomic E-state index is 0. The van der Waals surface area contributed by atoms with Crippen molar-refractivity contribution in [3.8, 4) is 5.75 Å². The van der Waals surface area contributed by atoms with Crippen LogP contribution in [0, 0.1) is 0 Å². The fraction of sp³-hybridized carbons (Fsp3) is 0.300. The summed E-state index contributed by atoms with van der Waals surface area (Å²) < 4.78 is 4.78.